The van der Waals surface area contributed by atoms with Crippen LogP contribution in [0.15, 0.2) is 41.4 Å². The molecule has 2 fully saturated rings. The third-order valence-corrected chi connectivity index (χ3v) is 15.1. The lowest BCUT2D eigenvalue weighted by molar-refractivity contribution is -0.160. The lowest BCUT2D eigenvalue weighted by atomic mass is 9.56. The summed E-state index contributed by atoms with van der Waals surface area (Å²) in [6.45, 7) is 22.8. The summed E-state index contributed by atoms with van der Waals surface area (Å²) < 4.78 is 38.0. The molecule has 2 aromatic rings. The minimum absolute atomic E-state index is 0.0188. The summed E-state index contributed by atoms with van der Waals surface area (Å²) >= 11 is 4.80. The summed E-state index contributed by atoms with van der Waals surface area (Å²) in [4.78, 5) is 44.8. The molecule has 1 heterocycles. The number of nitrogens with two attached hydrogens (primary N) is 1. The third kappa shape index (κ3) is 11.6. The molecule has 71 heavy (non-hydrogen) atoms. The Morgan fingerprint density at radius 3 is 1.76 bits per heavy atom. The minimum atomic E-state index is -1.55. The lowest BCUT2D eigenvalue weighted by Crippen LogP contribution is -2.60. The predicted octanol–water partition coefficient (Wildman–Crippen LogP) is 8.11. The Morgan fingerprint density at radius 2 is 1.31 bits per heavy atom. The first-order valence-corrected chi connectivity index (χ1v) is 25.1. The van der Waals surface area contributed by atoms with Crippen LogP contribution in [0.25, 0.3) is 0 Å². The molecule has 2 amide bonds. The molecule has 14 nitrogen and oxygen atoms in total. The number of carbonyl (C=O) groups is 3. The maximum absolute atomic E-state index is 14.6. The van der Waals surface area contributed by atoms with Crippen LogP contribution in [0.2, 0.25) is 0 Å². The standard InChI is InChI=1S/C24H30FN3O2.C20H26N2O3.C10H19FN2O2S/c1-14-9-23(10-15(2)20(14)29)11-18-7-6-17(12-26)8-19(18)24(23)21(30)28(16(3)27-24)13-22(4,5)25;1-4-25-18(24)20(22)16-7-14(11-21)5-6-15(16)10-19(20)8-12(2)17(23)13(3)9-19;1-9(2,3)15-8(14)13-7(16)12-6-10(4,5)11/h6-8,14-15,20,29H,9-11,13H2,1-5H3;5-7,12-13,17,23H,4,8-10,22H2,1-3H3;6H2,1-5H3,(H2,12,13,14,16)/t14-,15+,20?,23?,24-;12-,13+,17?,19?,20-;/m11./s1. The van der Waals surface area contributed by atoms with Crippen molar-refractivity contribution >= 4 is 41.1 Å². The van der Waals surface area contributed by atoms with Crippen LogP contribution in [0.5, 0.6) is 0 Å². The molecule has 5 aliphatic rings. The van der Waals surface area contributed by atoms with Gasteiger partial charge < -0.3 is 30.7 Å². The highest BCUT2D eigenvalue weighted by Gasteiger charge is 2.68. The number of aliphatic hydroxyl groups is 2. The number of aliphatic hydroxyl groups excluding tert-OH is 2. The summed E-state index contributed by atoms with van der Waals surface area (Å²) in [6.07, 6.45) is 2.50. The van der Waals surface area contributed by atoms with E-state index in [9.17, 15) is 43.9 Å². The Morgan fingerprint density at radius 1 is 0.845 bits per heavy atom. The molecule has 0 aromatic heterocycles. The summed E-state index contributed by atoms with van der Waals surface area (Å²) in [5.74, 6) is 0.0223. The number of hydrogen-bond donors (Lipinski definition) is 5. The Labute approximate surface area is 424 Å². The highest BCUT2D eigenvalue weighted by Crippen LogP contribution is 2.64. The lowest BCUT2D eigenvalue weighted by Gasteiger charge is -2.50. The molecule has 6 N–H and O–H groups in total. The van der Waals surface area contributed by atoms with Crippen molar-refractivity contribution in [3.63, 3.8) is 0 Å². The number of carbonyl (C=O) groups excluding carboxylic acids is 3. The monoisotopic (exact) mass is 1000 g/mol. The molecular formula is C54H75F2N7O7S. The Kier molecular flexibility index (Phi) is 16.7. The number of nitrogens with zero attached hydrogens (tertiary/aromatic N) is 4. The number of halogens is 2. The maximum atomic E-state index is 14.6. The molecule has 0 bridgehead atoms. The van der Waals surface area contributed by atoms with E-state index in [4.69, 9.17) is 32.4 Å². The fourth-order valence-corrected chi connectivity index (χ4v) is 12.2. The highest BCUT2D eigenvalue weighted by molar-refractivity contribution is 7.80. The molecule has 0 saturated heterocycles. The number of alkyl halides is 2. The van der Waals surface area contributed by atoms with Gasteiger partial charge in [-0.15, -0.1) is 0 Å². The van der Waals surface area contributed by atoms with Crippen molar-refractivity contribution in [1.82, 2.24) is 15.5 Å². The smallest absolute Gasteiger partial charge is 0.413 e. The zero-order chi connectivity index (χ0) is 53.4. The van der Waals surface area contributed by atoms with Crippen LogP contribution in [-0.4, -0.2) is 92.9 Å². The molecule has 0 radical (unpaired) electrons. The average Bonchev–Trinajstić information content (AvgIpc) is 3.76. The van der Waals surface area contributed by atoms with Gasteiger partial charge in [0.15, 0.2) is 10.7 Å². The van der Waals surface area contributed by atoms with Crippen LogP contribution >= 0.6 is 12.2 Å². The molecule has 17 heteroatoms. The van der Waals surface area contributed by atoms with E-state index in [1.165, 1.54) is 32.6 Å². The van der Waals surface area contributed by atoms with Gasteiger partial charge in [0.25, 0.3) is 5.91 Å². The van der Waals surface area contributed by atoms with Crippen LogP contribution in [0.4, 0.5) is 13.6 Å². The molecule has 2 saturated carbocycles. The topological polar surface area (TPSA) is 223 Å². The molecule has 10 atom stereocenters. The van der Waals surface area contributed by atoms with Crippen molar-refractivity contribution in [2.24, 2.45) is 45.2 Å². The zero-order valence-electron chi connectivity index (χ0n) is 43.8. The molecule has 3 spiro atoms. The van der Waals surface area contributed by atoms with Crippen molar-refractivity contribution < 1.29 is 42.9 Å². The summed E-state index contributed by atoms with van der Waals surface area (Å²) in [7, 11) is 0. The molecular weight excluding hydrogens is 929 g/mol. The first-order valence-electron chi connectivity index (χ1n) is 24.7. The highest BCUT2D eigenvalue weighted by atomic mass is 32.1. The second kappa shape index (κ2) is 20.8. The normalized spacial score (nSPS) is 30.7. The number of ether oxygens (including phenoxy) is 2. The van der Waals surface area contributed by atoms with Gasteiger partial charge in [-0.3, -0.25) is 20.0 Å². The quantitative estimate of drug-likeness (QED) is 0.137. The van der Waals surface area contributed by atoms with Gasteiger partial charge >= 0.3 is 12.1 Å². The number of nitriles is 2. The molecule has 4 unspecified atom stereocenters. The number of benzene rings is 2. The SMILES string of the molecule is CC(C)(F)CNC(=S)NC(=O)OC(C)(C)C.CC1=N[C@@]2(C(=O)N1CC(C)(C)F)c1cc(C#N)ccc1CC21C[C@@H](C)C(O)[C@@H](C)C1.CCOC(=O)[C@]1(N)c2cc(C#N)ccc2CC12C[C@@H](C)C(O)[C@@H](C)C2. The van der Waals surface area contributed by atoms with Gasteiger partial charge in [-0.25, -0.2) is 18.4 Å². The number of fused-ring (bicyclic) bond motifs is 4. The maximum Gasteiger partial charge on any atom is 0.413 e. The van der Waals surface area contributed by atoms with Gasteiger partial charge in [0.05, 0.1) is 55.2 Å². The Hall–Kier alpha value is -5.07. The van der Waals surface area contributed by atoms with Gasteiger partial charge in [-0.1, -0.05) is 39.8 Å². The minimum Gasteiger partial charge on any atom is -0.464 e. The fourth-order valence-electron chi connectivity index (χ4n) is 12.1. The number of amides is 2. The van der Waals surface area contributed by atoms with E-state index in [2.05, 4.69) is 22.8 Å². The van der Waals surface area contributed by atoms with Gasteiger partial charge in [0.1, 0.15) is 28.3 Å². The van der Waals surface area contributed by atoms with E-state index in [0.717, 1.165) is 16.7 Å². The van der Waals surface area contributed by atoms with Crippen molar-refractivity contribution in [3.05, 3.63) is 69.8 Å². The summed E-state index contributed by atoms with van der Waals surface area (Å²) in [5, 5.41) is 44.7. The van der Waals surface area contributed by atoms with Crippen molar-refractivity contribution in [2.45, 2.75) is 169 Å². The van der Waals surface area contributed by atoms with Gasteiger partial charge in [-0.05, 0) is 183 Å². The average molecular weight is 1000 g/mol. The van der Waals surface area contributed by atoms with E-state index in [1.807, 2.05) is 39.8 Å². The van der Waals surface area contributed by atoms with Crippen LogP contribution in [-0.2, 0) is 43.0 Å². The molecule has 388 valence electrons. The van der Waals surface area contributed by atoms with Gasteiger partial charge in [0.2, 0.25) is 0 Å². The summed E-state index contributed by atoms with van der Waals surface area (Å²) in [5.41, 5.74) is 4.39. The van der Waals surface area contributed by atoms with Gasteiger partial charge in [-0.2, -0.15) is 10.5 Å². The predicted molar refractivity (Wildman–Crippen MR) is 271 cm³/mol. The number of alkyl carbamates (subject to hydrolysis) is 1. The number of nitrogens with one attached hydrogen (secondary N) is 2. The number of hydrogen-bond acceptors (Lipinski definition) is 12. The van der Waals surface area contributed by atoms with Crippen LogP contribution < -0.4 is 16.4 Å². The second-order valence-electron chi connectivity index (χ2n) is 23.1. The van der Waals surface area contributed by atoms with Crippen molar-refractivity contribution in [2.75, 3.05) is 19.7 Å². The van der Waals surface area contributed by atoms with E-state index in [-0.39, 0.29) is 54.4 Å². The number of amidine groups is 1. The van der Waals surface area contributed by atoms with E-state index in [1.54, 1.807) is 58.9 Å². The Balaban J connectivity index is 0.000000208. The van der Waals surface area contributed by atoms with Crippen LogP contribution in [0, 0.1) is 57.2 Å². The third-order valence-electron chi connectivity index (χ3n) is 14.8. The van der Waals surface area contributed by atoms with Crippen LogP contribution in [0.1, 0.15) is 149 Å². The second-order valence-corrected chi connectivity index (χ2v) is 23.5. The first-order chi connectivity index (χ1) is 32.7. The van der Waals surface area contributed by atoms with Crippen molar-refractivity contribution in [1.29, 1.82) is 10.5 Å². The zero-order valence-corrected chi connectivity index (χ0v) is 44.6. The summed E-state index contributed by atoms with van der Waals surface area (Å²) in [6, 6.07) is 15.2. The first kappa shape index (κ1) is 56.8. The molecule has 4 aliphatic carbocycles. The van der Waals surface area contributed by atoms with E-state index in [0.29, 0.717) is 61.1 Å². The number of thiocarbonyl (C=S) groups is 1. The Bertz CT molecular complexity index is 2460. The van der Waals surface area contributed by atoms with Crippen molar-refractivity contribution in [3.8, 4) is 12.1 Å². The number of aliphatic imine (C=N–C) groups is 1. The molecule has 7 rings (SSSR count). The molecule has 1 aliphatic heterocycles. The van der Waals surface area contributed by atoms with E-state index >= 15 is 0 Å². The fraction of sp³-hybridized carbons (Fsp3) is 0.648. The van der Waals surface area contributed by atoms with Crippen LogP contribution in [0.3, 0.4) is 0 Å². The van der Waals surface area contributed by atoms with E-state index < -0.39 is 63.1 Å². The molecule has 2 aromatic carbocycles. The number of esters is 1. The van der Waals surface area contributed by atoms with Gasteiger partial charge in [0, 0.05) is 10.8 Å². The number of rotatable bonds is 6. The largest absolute Gasteiger partial charge is 0.464 e.